The zero-order valence-corrected chi connectivity index (χ0v) is 22.1. The van der Waals surface area contributed by atoms with E-state index in [1.54, 1.807) is 19.0 Å². The summed E-state index contributed by atoms with van der Waals surface area (Å²) in [6, 6.07) is -1.15. The SMILES string of the molecule is CC(=O)Nc1c(O)c2c(c(F)c1CN(C)C)C[C@H]1C[C@H]3[C@H](N(C)C)C(O)=C(C(N)=O)C(=O)[C@@]3(O)C(O)=C1C2=O. The molecular formula is C26H31FN4O8. The van der Waals surface area contributed by atoms with Crippen LogP contribution in [0, 0.1) is 17.7 Å². The number of hydrogen-bond donors (Lipinski definition) is 6. The maximum absolute atomic E-state index is 16.0. The molecule has 1 aromatic rings. The van der Waals surface area contributed by atoms with Crippen molar-refractivity contribution in [2.75, 3.05) is 33.5 Å². The van der Waals surface area contributed by atoms with Gasteiger partial charge in [0.2, 0.25) is 11.7 Å². The molecule has 0 radical (unpaired) electrons. The molecule has 210 valence electrons. The number of aromatic hydroxyl groups is 1. The highest BCUT2D eigenvalue weighted by Gasteiger charge is 2.63. The first-order valence-electron chi connectivity index (χ1n) is 12.2. The molecule has 7 N–H and O–H groups in total. The van der Waals surface area contributed by atoms with Gasteiger partial charge in [0.25, 0.3) is 5.91 Å². The van der Waals surface area contributed by atoms with Crippen molar-refractivity contribution >= 4 is 29.1 Å². The summed E-state index contributed by atoms with van der Waals surface area (Å²) >= 11 is 0. The Morgan fingerprint density at radius 3 is 2.28 bits per heavy atom. The summed E-state index contributed by atoms with van der Waals surface area (Å²) in [4.78, 5) is 54.1. The molecule has 39 heavy (non-hydrogen) atoms. The van der Waals surface area contributed by atoms with Gasteiger partial charge in [-0.1, -0.05) is 0 Å². The predicted molar refractivity (Wildman–Crippen MR) is 135 cm³/mol. The van der Waals surface area contributed by atoms with Gasteiger partial charge < -0.3 is 36.4 Å². The Balaban J connectivity index is 1.99. The minimum atomic E-state index is -2.80. The van der Waals surface area contributed by atoms with Gasteiger partial charge in [-0.25, -0.2) is 4.39 Å². The van der Waals surface area contributed by atoms with E-state index in [4.69, 9.17) is 5.73 Å². The number of likely N-dealkylation sites (N-methyl/N-ethyl adjacent to an activating group) is 1. The summed E-state index contributed by atoms with van der Waals surface area (Å²) in [5.74, 6) is -9.79. The number of Topliss-reactive ketones (excluding diaryl/α,β-unsaturated/α-hetero) is 2. The minimum Gasteiger partial charge on any atom is -0.510 e. The van der Waals surface area contributed by atoms with Crippen molar-refractivity contribution in [2.45, 2.75) is 38.0 Å². The van der Waals surface area contributed by atoms with Gasteiger partial charge in [0.15, 0.2) is 17.1 Å². The quantitative estimate of drug-likeness (QED) is 0.221. The largest absolute Gasteiger partial charge is 0.510 e. The molecule has 13 heteroatoms. The fourth-order valence-corrected chi connectivity index (χ4v) is 6.17. The zero-order valence-electron chi connectivity index (χ0n) is 22.1. The summed E-state index contributed by atoms with van der Waals surface area (Å²) in [5.41, 5.74) is 0.167. The first-order valence-corrected chi connectivity index (χ1v) is 12.2. The number of aliphatic hydroxyl groups is 3. The number of carbonyl (C=O) groups is 4. The number of phenolic OH excluding ortho intramolecular Hbond substituents is 1. The van der Waals surface area contributed by atoms with Crippen molar-refractivity contribution < 1.29 is 44.0 Å². The maximum Gasteiger partial charge on any atom is 0.255 e. The molecule has 0 aliphatic heterocycles. The van der Waals surface area contributed by atoms with Crippen molar-refractivity contribution in [1.29, 1.82) is 0 Å². The molecule has 0 spiro atoms. The van der Waals surface area contributed by atoms with E-state index in [9.17, 15) is 39.6 Å². The first-order chi connectivity index (χ1) is 18.0. The highest BCUT2D eigenvalue weighted by Crippen LogP contribution is 2.53. The van der Waals surface area contributed by atoms with Crippen LogP contribution in [0.4, 0.5) is 10.1 Å². The summed E-state index contributed by atoms with van der Waals surface area (Å²) in [7, 11) is 6.34. The van der Waals surface area contributed by atoms with Crippen molar-refractivity contribution in [3.63, 3.8) is 0 Å². The third kappa shape index (κ3) is 3.99. The van der Waals surface area contributed by atoms with Crippen LogP contribution >= 0.6 is 0 Å². The van der Waals surface area contributed by atoms with Crippen LogP contribution < -0.4 is 11.1 Å². The second-order valence-corrected chi connectivity index (χ2v) is 10.8. The van der Waals surface area contributed by atoms with Gasteiger partial charge in [-0.2, -0.15) is 0 Å². The lowest BCUT2D eigenvalue weighted by Crippen LogP contribution is -2.63. The van der Waals surface area contributed by atoms with Gasteiger partial charge in [-0.15, -0.1) is 0 Å². The molecule has 4 rings (SSSR count). The van der Waals surface area contributed by atoms with Gasteiger partial charge in [0, 0.05) is 36.1 Å². The van der Waals surface area contributed by atoms with Crippen LogP contribution in [0.25, 0.3) is 0 Å². The molecule has 3 aliphatic carbocycles. The Bertz CT molecular complexity index is 1400. The summed E-state index contributed by atoms with van der Waals surface area (Å²) in [6.45, 7) is 1.12. The van der Waals surface area contributed by atoms with Crippen LogP contribution in [-0.2, 0) is 27.3 Å². The lowest BCUT2D eigenvalue weighted by molar-refractivity contribution is -0.148. The number of rotatable bonds is 5. The Labute approximate surface area is 223 Å². The van der Waals surface area contributed by atoms with Crippen LogP contribution in [-0.4, -0.2) is 93.4 Å². The molecule has 0 aromatic heterocycles. The molecule has 0 saturated carbocycles. The fourth-order valence-electron chi connectivity index (χ4n) is 6.17. The highest BCUT2D eigenvalue weighted by molar-refractivity contribution is 6.25. The molecule has 2 amide bonds. The number of nitrogens with zero attached hydrogens (tertiary/aromatic N) is 2. The van der Waals surface area contributed by atoms with Crippen molar-refractivity contribution in [1.82, 2.24) is 9.80 Å². The van der Waals surface area contributed by atoms with E-state index in [1.165, 1.54) is 19.0 Å². The number of anilines is 1. The smallest absolute Gasteiger partial charge is 0.255 e. The van der Waals surface area contributed by atoms with Gasteiger partial charge >= 0.3 is 0 Å². The number of benzene rings is 1. The highest BCUT2D eigenvalue weighted by atomic mass is 19.1. The Morgan fingerprint density at radius 2 is 1.77 bits per heavy atom. The van der Waals surface area contributed by atoms with Crippen LogP contribution in [0.2, 0.25) is 0 Å². The van der Waals surface area contributed by atoms with Crippen LogP contribution in [0.15, 0.2) is 22.7 Å². The molecule has 12 nitrogen and oxygen atoms in total. The molecular weight excluding hydrogens is 515 g/mol. The van der Waals surface area contributed by atoms with E-state index in [2.05, 4.69) is 5.32 Å². The van der Waals surface area contributed by atoms with Crippen LogP contribution in [0.3, 0.4) is 0 Å². The molecule has 0 fully saturated rings. The van der Waals surface area contributed by atoms with E-state index in [1.807, 2.05) is 0 Å². The number of fused-ring (bicyclic) bond motifs is 3. The van der Waals surface area contributed by atoms with Gasteiger partial charge in [-0.05, 0) is 47.0 Å². The fraction of sp³-hybridized carbons (Fsp3) is 0.462. The number of aliphatic hydroxyl groups excluding tert-OH is 2. The maximum atomic E-state index is 16.0. The van der Waals surface area contributed by atoms with Crippen molar-refractivity contribution in [2.24, 2.45) is 17.6 Å². The van der Waals surface area contributed by atoms with Crippen LogP contribution in [0.5, 0.6) is 5.75 Å². The number of nitrogens with one attached hydrogen (secondary N) is 1. The first kappa shape index (κ1) is 28.2. The number of ketones is 2. The number of amides is 2. The van der Waals surface area contributed by atoms with Crippen molar-refractivity contribution in [3.8, 4) is 5.75 Å². The average molecular weight is 547 g/mol. The van der Waals surface area contributed by atoms with Gasteiger partial charge in [0.1, 0.15) is 22.9 Å². The number of allylic oxidation sites excluding steroid dienone is 1. The van der Waals surface area contributed by atoms with Gasteiger partial charge in [0.05, 0.1) is 17.3 Å². The molecule has 0 saturated heterocycles. The number of nitrogens with two attached hydrogens (primary N) is 1. The molecule has 4 atom stereocenters. The van der Waals surface area contributed by atoms with Gasteiger partial charge in [-0.3, -0.25) is 24.1 Å². The van der Waals surface area contributed by atoms with E-state index < -0.39 is 86.7 Å². The standard InChI is InChI=1S/C26H31FN4O8/c1-9(32)29-18-12(8-30(2)3)17(27)11-6-10-7-13-19(31(4)5)22(35)16(25(28)38)24(37)26(13,39)23(36)14(10)20(33)15(11)21(18)34/h10,13,19,34-36,39H,6-8H2,1-5H3,(H2,28,38)(H,29,32)/t10-,13-,19-,26-/m0/s1. The minimum absolute atomic E-state index is 0.0246. The van der Waals surface area contributed by atoms with E-state index in [0.717, 1.165) is 6.92 Å². The van der Waals surface area contributed by atoms with Crippen LogP contribution in [0.1, 0.15) is 34.8 Å². The molecule has 0 bridgehead atoms. The molecule has 0 unspecified atom stereocenters. The number of carbonyl (C=O) groups excluding carboxylic acids is 4. The van der Waals surface area contributed by atoms with E-state index >= 15 is 4.39 Å². The van der Waals surface area contributed by atoms with E-state index in [-0.39, 0.29) is 36.2 Å². The molecule has 0 heterocycles. The predicted octanol–water partition coefficient (Wildman–Crippen LogP) is 0.280. The number of hydrogen-bond acceptors (Lipinski definition) is 10. The topological polar surface area (TPSA) is 194 Å². The molecule has 3 aliphatic rings. The summed E-state index contributed by atoms with van der Waals surface area (Å²) < 4.78 is 16.0. The summed E-state index contributed by atoms with van der Waals surface area (Å²) in [5, 5.41) is 47.2. The monoisotopic (exact) mass is 546 g/mol. The average Bonchev–Trinajstić information content (AvgIpc) is 2.81. The third-order valence-corrected chi connectivity index (χ3v) is 7.70. The number of primary amides is 1. The lowest BCUT2D eigenvalue weighted by Gasteiger charge is -2.50. The summed E-state index contributed by atoms with van der Waals surface area (Å²) in [6.07, 6.45) is -0.364. The Kier molecular flexibility index (Phi) is 6.82. The Hall–Kier alpha value is -3.81. The Morgan fingerprint density at radius 1 is 1.15 bits per heavy atom. The van der Waals surface area contributed by atoms with E-state index in [0.29, 0.717) is 0 Å². The normalized spacial score (nSPS) is 26.5. The second kappa shape index (κ2) is 9.43. The number of phenols is 1. The number of halogens is 1. The second-order valence-electron chi connectivity index (χ2n) is 10.8. The lowest BCUT2D eigenvalue weighted by atomic mass is 9.58. The third-order valence-electron chi connectivity index (χ3n) is 7.70. The molecule has 1 aromatic carbocycles. The zero-order chi connectivity index (χ0) is 29.3. The van der Waals surface area contributed by atoms with Crippen molar-refractivity contribution in [3.05, 3.63) is 45.2 Å².